The maximum Gasteiger partial charge on any atom is 0.186 e. The van der Waals surface area contributed by atoms with Gasteiger partial charge in [-0.1, -0.05) is 18.1 Å². The first-order chi connectivity index (χ1) is 10.5. The molecule has 4 rings (SSSR count). The Morgan fingerprint density at radius 2 is 2.14 bits per heavy atom. The van der Waals surface area contributed by atoms with Crippen LogP contribution in [0.25, 0.3) is 0 Å². The molecule has 0 aromatic heterocycles. The van der Waals surface area contributed by atoms with Gasteiger partial charge in [-0.25, -0.2) is 0 Å². The van der Waals surface area contributed by atoms with Gasteiger partial charge < -0.3 is 10.3 Å². The highest BCUT2D eigenvalue weighted by Crippen LogP contribution is 2.59. The van der Waals surface area contributed by atoms with Crippen molar-refractivity contribution in [3.05, 3.63) is 29.3 Å². The van der Waals surface area contributed by atoms with Gasteiger partial charge in [0.2, 0.25) is 0 Å². The van der Waals surface area contributed by atoms with Gasteiger partial charge >= 0.3 is 0 Å². The Morgan fingerprint density at radius 3 is 2.91 bits per heavy atom. The first kappa shape index (κ1) is 13.8. The number of nitrogens with zero attached hydrogens (tertiary/aromatic N) is 1. The molecule has 0 saturated heterocycles. The summed E-state index contributed by atoms with van der Waals surface area (Å²) in [6, 6.07) is 5.72. The maximum atomic E-state index is 12.5. The zero-order valence-electron chi connectivity index (χ0n) is 12.7. The standard InChI is InChI=1S/C18H21NO3/c1-18-7-6-13-12-5-3-11(20)8-10(12)2-4-14(13)15(18)9-16(19-22)17(18)21/h3,5,8,13-15,20,22H,2,4,6-7,9H2,1H3/b19-16-. The van der Waals surface area contributed by atoms with E-state index in [1.54, 1.807) is 6.07 Å². The molecule has 4 heteroatoms. The number of hydrogen-bond donors (Lipinski definition) is 2. The molecule has 2 N–H and O–H groups in total. The molecule has 116 valence electrons. The number of fused-ring (bicyclic) bond motifs is 5. The molecule has 3 aliphatic rings. The molecule has 4 atom stereocenters. The Morgan fingerprint density at radius 1 is 1.32 bits per heavy atom. The number of rotatable bonds is 0. The van der Waals surface area contributed by atoms with E-state index in [1.165, 1.54) is 11.1 Å². The van der Waals surface area contributed by atoms with Gasteiger partial charge in [0.15, 0.2) is 5.78 Å². The van der Waals surface area contributed by atoms with Gasteiger partial charge in [0.1, 0.15) is 11.5 Å². The minimum Gasteiger partial charge on any atom is -0.508 e. The fourth-order valence-electron chi connectivity index (χ4n) is 5.26. The lowest BCUT2D eigenvalue weighted by Gasteiger charge is -2.47. The van der Waals surface area contributed by atoms with Crippen LogP contribution in [0.4, 0.5) is 0 Å². The number of carbonyl (C=O) groups is 1. The van der Waals surface area contributed by atoms with E-state index in [-0.39, 0.29) is 17.1 Å². The largest absolute Gasteiger partial charge is 0.508 e. The third kappa shape index (κ3) is 1.70. The second-order valence-corrected chi connectivity index (χ2v) is 7.33. The highest BCUT2D eigenvalue weighted by molar-refractivity contribution is 6.43. The zero-order chi connectivity index (χ0) is 15.5. The van der Waals surface area contributed by atoms with Crippen LogP contribution in [-0.4, -0.2) is 21.8 Å². The van der Waals surface area contributed by atoms with Gasteiger partial charge in [-0.2, -0.15) is 0 Å². The topological polar surface area (TPSA) is 69.9 Å². The molecular formula is C18H21NO3. The Labute approximate surface area is 129 Å². The van der Waals surface area contributed by atoms with Gasteiger partial charge in [0.25, 0.3) is 0 Å². The molecular weight excluding hydrogens is 278 g/mol. The molecule has 22 heavy (non-hydrogen) atoms. The molecule has 2 saturated carbocycles. The summed E-state index contributed by atoms with van der Waals surface area (Å²) in [5.74, 6) is 1.61. The molecule has 3 aliphatic carbocycles. The van der Waals surface area contributed by atoms with Crippen molar-refractivity contribution in [2.45, 2.75) is 44.9 Å². The van der Waals surface area contributed by atoms with E-state index in [0.29, 0.717) is 29.7 Å². The monoisotopic (exact) mass is 299 g/mol. The summed E-state index contributed by atoms with van der Waals surface area (Å²) in [4.78, 5) is 12.5. The minimum absolute atomic E-state index is 0.0509. The zero-order valence-corrected chi connectivity index (χ0v) is 12.7. The van der Waals surface area contributed by atoms with Gasteiger partial charge in [-0.3, -0.25) is 4.79 Å². The summed E-state index contributed by atoms with van der Waals surface area (Å²) < 4.78 is 0. The number of oxime groups is 1. The molecule has 0 spiro atoms. The van der Waals surface area contributed by atoms with Crippen LogP contribution >= 0.6 is 0 Å². The third-order valence-electron chi connectivity index (χ3n) is 6.41. The smallest absolute Gasteiger partial charge is 0.186 e. The lowest BCUT2D eigenvalue weighted by molar-refractivity contribution is -0.125. The second kappa shape index (κ2) is 4.58. The molecule has 0 amide bonds. The number of aryl methyl sites for hydroxylation is 1. The fraction of sp³-hybridized carbons (Fsp3) is 0.556. The first-order valence-electron chi connectivity index (χ1n) is 8.12. The quantitative estimate of drug-likeness (QED) is 0.570. The summed E-state index contributed by atoms with van der Waals surface area (Å²) in [6.07, 6.45) is 4.47. The molecule has 0 aliphatic heterocycles. The molecule has 2 fully saturated rings. The second-order valence-electron chi connectivity index (χ2n) is 7.33. The molecule has 4 nitrogen and oxygen atoms in total. The fourth-order valence-corrected chi connectivity index (χ4v) is 5.26. The third-order valence-corrected chi connectivity index (χ3v) is 6.41. The number of ketones is 1. The van der Waals surface area contributed by atoms with Gasteiger partial charge in [-0.05, 0) is 66.7 Å². The van der Waals surface area contributed by atoms with Crippen molar-refractivity contribution in [1.82, 2.24) is 0 Å². The molecule has 1 aromatic rings. The number of aromatic hydroxyl groups is 1. The number of benzene rings is 1. The van der Waals surface area contributed by atoms with E-state index >= 15 is 0 Å². The average molecular weight is 299 g/mol. The van der Waals surface area contributed by atoms with Crippen LogP contribution in [0.3, 0.4) is 0 Å². The normalized spacial score (nSPS) is 38.5. The van der Waals surface area contributed by atoms with E-state index in [1.807, 2.05) is 6.07 Å². The SMILES string of the molecule is CC12CCC3c4ccc(O)cc4CCC3C1C/C(=N/O)C2=O. The summed E-state index contributed by atoms with van der Waals surface area (Å²) in [5.41, 5.74) is 2.62. The van der Waals surface area contributed by atoms with Crippen molar-refractivity contribution in [2.24, 2.45) is 22.4 Å². The van der Waals surface area contributed by atoms with E-state index in [2.05, 4.69) is 18.1 Å². The van der Waals surface area contributed by atoms with Gasteiger partial charge in [-0.15, -0.1) is 0 Å². The highest BCUT2D eigenvalue weighted by Gasteiger charge is 2.57. The van der Waals surface area contributed by atoms with Crippen LogP contribution < -0.4 is 0 Å². The number of phenolic OH excluding ortho intramolecular Hbond substituents is 1. The molecule has 1 aromatic carbocycles. The highest BCUT2D eigenvalue weighted by atomic mass is 16.4. The lowest BCUT2D eigenvalue weighted by Crippen LogP contribution is -2.42. The molecule has 0 heterocycles. The first-order valence-corrected chi connectivity index (χ1v) is 8.12. The molecule has 4 unspecified atom stereocenters. The maximum absolute atomic E-state index is 12.5. The Hall–Kier alpha value is -1.84. The van der Waals surface area contributed by atoms with Gasteiger partial charge in [0, 0.05) is 11.8 Å². The van der Waals surface area contributed by atoms with Crippen LogP contribution in [0.1, 0.15) is 49.7 Å². The number of Topliss-reactive ketones (excluding diaryl/α,β-unsaturated/α-hetero) is 1. The predicted molar refractivity (Wildman–Crippen MR) is 82.3 cm³/mol. The number of hydrogen-bond acceptors (Lipinski definition) is 4. The van der Waals surface area contributed by atoms with Crippen LogP contribution in [0.5, 0.6) is 5.75 Å². The van der Waals surface area contributed by atoms with Crippen molar-refractivity contribution in [3.63, 3.8) is 0 Å². The van der Waals surface area contributed by atoms with Crippen LogP contribution in [0.2, 0.25) is 0 Å². The van der Waals surface area contributed by atoms with E-state index in [9.17, 15) is 9.90 Å². The van der Waals surface area contributed by atoms with E-state index in [4.69, 9.17) is 5.21 Å². The summed E-state index contributed by atoms with van der Waals surface area (Å²) in [7, 11) is 0. The van der Waals surface area contributed by atoms with Crippen molar-refractivity contribution in [2.75, 3.05) is 0 Å². The van der Waals surface area contributed by atoms with Crippen LogP contribution in [-0.2, 0) is 11.2 Å². The van der Waals surface area contributed by atoms with Crippen molar-refractivity contribution >= 4 is 11.5 Å². The lowest BCUT2D eigenvalue weighted by atomic mass is 9.55. The Bertz CT molecular complexity index is 681. The minimum atomic E-state index is -0.350. The predicted octanol–water partition coefficient (Wildman–Crippen LogP) is 3.26. The van der Waals surface area contributed by atoms with Crippen molar-refractivity contribution in [1.29, 1.82) is 0 Å². The van der Waals surface area contributed by atoms with Gasteiger partial charge in [0.05, 0.1) is 0 Å². The van der Waals surface area contributed by atoms with E-state index < -0.39 is 0 Å². The van der Waals surface area contributed by atoms with Crippen LogP contribution in [0, 0.1) is 17.3 Å². The Kier molecular flexibility index (Phi) is 2.87. The van der Waals surface area contributed by atoms with E-state index in [0.717, 1.165) is 25.7 Å². The summed E-state index contributed by atoms with van der Waals surface area (Å²) >= 11 is 0. The summed E-state index contributed by atoms with van der Waals surface area (Å²) in [6.45, 7) is 2.06. The summed E-state index contributed by atoms with van der Waals surface area (Å²) in [5, 5.41) is 22.1. The number of phenols is 1. The van der Waals surface area contributed by atoms with Crippen molar-refractivity contribution in [3.8, 4) is 5.75 Å². The number of carbonyl (C=O) groups excluding carboxylic acids is 1. The molecule has 0 bridgehead atoms. The average Bonchev–Trinajstić information content (AvgIpc) is 2.78. The van der Waals surface area contributed by atoms with Crippen molar-refractivity contribution < 1.29 is 15.1 Å². The molecule has 0 radical (unpaired) electrons. The van der Waals surface area contributed by atoms with Crippen LogP contribution in [0.15, 0.2) is 23.4 Å². The Balaban J connectivity index is 1.74.